The highest BCUT2D eigenvalue weighted by molar-refractivity contribution is 14.0. The first kappa shape index (κ1) is 22.6. The number of halogens is 1. The van der Waals surface area contributed by atoms with Crippen LogP contribution in [0.3, 0.4) is 0 Å². The van der Waals surface area contributed by atoms with Gasteiger partial charge in [-0.2, -0.15) is 0 Å². The van der Waals surface area contributed by atoms with Crippen molar-refractivity contribution in [1.29, 1.82) is 0 Å². The van der Waals surface area contributed by atoms with E-state index < -0.39 is 0 Å². The molecule has 3 N–H and O–H groups in total. The summed E-state index contributed by atoms with van der Waals surface area (Å²) in [6.45, 7) is 8.71. The molecule has 1 aromatic carbocycles. The molecule has 7 heteroatoms. The molecule has 0 aliphatic heterocycles. The fourth-order valence-electron chi connectivity index (χ4n) is 2.32. The normalized spacial score (nSPS) is 11.0. The number of nitrogens with zero attached hydrogens (tertiary/aromatic N) is 1. The molecule has 5 nitrogen and oxygen atoms in total. The van der Waals surface area contributed by atoms with E-state index >= 15 is 0 Å². The second kappa shape index (κ2) is 12.0. The molecule has 1 aromatic heterocycles. The Bertz CT molecular complexity index is 704. The summed E-state index contributed by atoms with van der Waals surface area (Å²) in [5, 5.41) is 16.4. The Hall–Kier alpha value is -1.48. The van der Waals surface area contributed by atoms with Crippen LogP contribution in [-0.4, -0.2) is 24.2 Å². The number of benzene rings is 1. The highest BCUT2D eigenvalue weighted by Gasteiger charge is 2.05. The number of rotatable bonds is 8. The largest absolute Gasteiger partial charge is 0.504 e. The molecule has 144 valence electrons. The number of ether oxygens (including phenoxy) is 1. The third-order valence-electron chi connectivity index (χ3n) is 3.58. The number of aliphatic imine (C=N–C) groups is 1. The fraction of sp³-hybridized carbons (Fsp3) is 0.421. The molecule has 0 amide bonds. The van der Waals surface area contributed by atoms with Crippen molar-refractivity contribution in [3.05, 3.63) is 45.6 Å². The van der Waals surface area contributed by atoms with Gasteiger partial charge in [-0.15, -0.1) is 35.3 Å². The van der Waals surface area contributed by atoms with Crippen LogP contribution in [0.2, 0.25) is 0 Å². The number of guanidine groups is 1. The maximum atomic E-state index is 9.78. The first-order chi connectivity index (χ1) is 12.2. The Morgan fingerprint density at radius 3 is 2.54 bits per heavy atom. The summed E-state index contributed by atoms with van der Waals surface area (Å²) in [4.78, 5) is 7.31. The zero-order chi connectivity index (χ0) is 18.1. The van der Waals surface area contributed by atoms with Crippen molar-refractivity contribution in [2.45, 2.75) is 40.3 Å². The lowest BCUT2D eigenvalue weighted by Gasteiger charge is -2.11. The minimum absolute atomic E-state index is 0. The van der Waals surface area contributed by atoms with Crippen LogP contribution in [0.15, 0.2) is 35.3 Å². The van der Waals surface area contributed by atoms with E-state index in [1.807, 2.05) is 37.3 Å². The Morgan fingerprint density at radius 1 is 1.12 bits per heavy atom. The lowest BCUT2D eigenvalue weighted by molar-refractivity contribution is 0.318. The van der Waals surface area contributed by atoms with E-state index in [-0.39, 0.29) is 29.7 Å². The van der Waals surface area contributed by atoms with Gasteiger partial charge in [0.2, 0.25) is 0 Å². The van der Waals surface area contributed by atoms with E-state index in [1.165, 1.54) is 9.75 Å². The van der Waals surface area contributed by atoms with Crippen LogP contribution >= 0.6 is 35.3 Å². The minimum atomic E-state index is 0. The molecule has 0 unspecified atom stereocenters. The van der Waals surface area contributed by atoms with Crippen molar-refractivity contribution >= 4 is 41.3 Å². The predicted molar refractivity (Wildman–Crippen MR) is 120 cm³/mol. The summed E-state index contributed by atoms with van der Waals surface area (Å²) >= 11 is 1.83. The van der Waals surface area contributed by atoms with Crippen LogP contribution in [0.25, 0.3) is 0 Å². The van der Waals surface area contributed by atoms with Gasteiger partial charge < -0.3 is 20.5 Å². The van der Waals surface area contributed by atoms with Gasteiger partial charge in [0.15, 0.2) is 17.5 Å². The lowest BCUT2D eigenvalue weighted by atomic mass is 10.2. The minimum Gasteiger partial charge on any atom is -0.504 e. The van der Waals surface area contributed by atoms with Crippen LogP contribution in [0.5, 0.6) is 11.5 Å². The van der Waals surface area contributed by atoms with E-state index in [2.05, 4.69) is 34.7 Å². The van der Waals surface area contributed by atoms with E-state index in [0.717, 1.165) is 31.0 Å². The molecule has 0 spiro atoms. The van der Waals surface area contributed by atoms with Crippen LogP contribution in [0.4, 0.5) is 0 Å². The Balaban J connectivity index is 0.00000338. The molecule has 2 aromatic rings. The van der Waals surface area contributed by atoms with Crippen LogP contribution < -0.4 is 15.4 Å². The third-order valence-corrected chi connectivity index (χ3v) is 4.81. The number of hydrogen-bond donors (Lipinski definition) is 3. The maximum Gasteiger partial charge on any atom is 0.191 e. The van der Waals surface area contributed by atoms with Gasteiger partial charge in [-0.3, -0.25) is 0 Å². The molecule has 0 aliphatic carbocycles. The van der Waals surface area contributed by atoms with Gasteiger partial charge in [-0.25, -0.2) is 4.99 Å². The van der Waals surface area contributed by atoms with Gasteiger partial charge in [0, 0.05) is 16.3 Å². The van der Waals surface area contributed by atoms with Gasteiger partial charge >= 0.3 is 0 Å². The zero-order valence-electron chi connectivity index (χ0n) is 15.5. The second-order valence-electron chi connectivity index (χ2n) is 5.51. The molecule has 0 fully saturated rings. The summed E-state index contributed by atoms with van der Waals surface area (Å²) < 4.78 is 5.42. The number of phenols is 1. The Morgan fingerprint density at radius 2 is 1.88 bits per heavy atom. The molecule has 0 bridgehead atoms. The molecule has 26 heavy (non-hydrogen) atoms. The molecule has 0 aliphatic rings. The smallest absolute Gasteiger partial charge is 0.191 e. The third kappa shape index (κ3) is 7.03. The standard InChI is InChI=1S/C19H27N3O2S.HI/c1-4-15-8-9-16(25-15)13-22-19(20-5-2)21-12-14-7-10-17(23)18(11-14)24-6-3;/h7-11,23H,4-6,12-13H2,1-3H3,(H2,20,21,22);1H. The lowest BCUT2D eigenvalue weighted by Crippen LogP contribution is -2.36. The van der Waals surface area contributed by atoms with Gasteiger partial charge in [0.25, 0.3) is 0 Å². The monoisotopic (exact) mass is 489 g/mol. The van der Waals surface area contributed by atoms with E-state index in [9.17, 15) is 5.11 Å². The van der Waals surface area contributed by atoms with Gasteiger partial charge in [0.05, 0.1) is 19.7 Å². The van der Waals surface area contributed by atoms with Gasteiger partial charge in [-0.05, 0) is 50.1 Å². The highest BCUT2D eigenvalue weighted by atomic mass is 127. The van der Waals surface area contributed by atoms with Crippen molar-refractivity contribution in [2.24, 2.45) is 4.99 Å². The molecule has 0 atom stereocenters. The Labute approximate surface area is 176 Å². The molecule has 2 rings (SSSR count). The number of hydrogen-bond acceptors (Lipinski definition) is 4. The van der Waals surface area contributed by atoms with Crippen molar-refractivity contribution in [3.63, 3.8) is 0 Å². The zero-order valence-corrected chi connectivity index (χ0v) is 18.7. The first-order valence-electron chi connectivity index (χ1n) is 8.70. The highest BCUT2D eigenvalue weighted by Crippen LogP contribution is 2.27. The van der Waals surface area contributed by atoms with Crippen molar-refractivity contribution in [3.8, 4) is 11.5 Å². The summed E-state index contributed by atoms with van der Waals surface area (Å²) in [5.74, 6) is 1.43. The van der Waals surface area contributed by atoms with Crippen LogP contribution in [-0.2, 0) is 19.5 Å². The van der Waals surface area contributed by atoms with Crippen molar-refractivity contribution in [2.75, 3.05) is 13.2 Å². The molecular weight excluding hydrogens is 461 g/mol. The number of nitrogens with one attached hydrogen (secondary N) is 2. The number of thiophene rings is 1. The summed E-state index contributed by atoms with van der Waals surface area (Å²) in [7, 11) is 0. The van der Waals surface area contributed by atoms with Crippen LogP contribution in [0.1, 0.15) is 36.1 Å². The summed E-state index contributed by atoms with van der Waals surface area (Å²) in [6, 6.07) is 9.68. The van der Waals surface area contributed by atoms with E-state index in [4.69, 9.17) is 4.74 Å². The van der Waals surface area contributed by atoms with E-state index in [0.29, 0.717) is 18.9 Å². The fourth-order valence-corrected chi connectivity index (χ4v) is 3.22. The van der Waals surface area contributed by atoms with Crippen LogP contribution in [0, 0.1) is 0 Å². The SMILES string of the molecule is CCNC(=NCc1ccc(O)c(OCC)c1)NCc1ccc(CC)s1.I. The summed E-state index contributed by atoms with van der Waals surface area (Å²) in [5.41, 5.74) is 0.989. The first-order valence-corrected chi connectivity index (χ1v) is 9.52. The number of aryl methyl sites for hydroxylation is 1. The molecule has 0 saturated carbocycles. The average molecular weight is 489 g/mol. The molecular formula is C19H28IN3O2S. The van der Waals surface area contributed by atoms with Gasteiger partial charge in [0.1, 0.15) is 0 Å². The predicted octanol–water partition coefficient (Wildman–Crippen LogP) is 4.29. The maximum absolute atomic E-state index is 9.78. The number of aromatic hydroxyl groups is 1. The van der Waals surface area contributed by atoms with Crippen molar-refractivity contribution < 1.29 is 9.84 Å². The molecule has 1 heterocycles. The molecule has 0 saturated heterocycles. The number of phenolic OH excluding ortho intramolecular Hbond substituents is 1. The van der Waals surface area contributed by atoms with Crippen molar-refractivity contribution in [1.82, 2.24) is 10.6 Å². The van der Waals surface area contributed by atoms with Gasteiger partial charge in [-0.1, -0.05) is 13.0 Å². The topological polar surface area (TPSA) is 65.9 Å². The Kier molecular flexibility index (Phi) is 10.4. The second-order valence-corrected chi connectivity index (χ2v) is 6.76. The summed E-state index contributed by atoms with van der Waals surface area (Å²) in [6.07, 6.45) is 1.07. The quantitative estimate of drug-likeness (QED) is 0.294. The van der Waals surface area contributed by atoms with E-state index in [1.54, 1.807) is 6.07 Å². The average Bonchev–Trinajstić information content (AvgIpc) is 3.08. The molecule has 0 radical (unpaired) electrons.